The van der Waals surface area contributed by atoms with Gasteiger partial charge >= 0.3 is 0 Å². The molecule has 1 aromatic carbocycles. The third kappa shape index (κ3) is 3.49. The minimum atomic E-state index is 0.140. The van der Waals surface area contributed by atoms with Crippen molar-refractivity contribution in [3.05, 3.63) is 29.8 Å². The maximum atomic E-state index is 12.4. The number of carbonyl (C=O) groups excluding carboxylic acids is 1. The van der Waals surface area contributed by atoms with Crippen LogP contribution in [0, 0.1) is 11.8 Å². The molecule has 19 heavy (non-hydrogen) atoms. The Kier molecular flexibility index (Phi) is 4.46. The van der Waals surface area contributed by atoms with Gasteiger partial charge in [-0.1, -0.05) is 13.8 Å². The SMILES string of the molecule is CCOc1ccc(C(=O)N2C[C@H](C)C[C@H](C)C2)cc1. The summed E-state index contributed by atoms with van der Waals surface area (Å²) in [5.74, 6) is 2.15. The average Bonchev–Trinajstić information content (AvgIpc) is 2.38. The van der Waals surface area contributed by atoms with Gasteiger partial charge < -0.3 is 9.64 Å². The molecule has 0 aliphatic carbocycles. The van der Waals surface area contributed by atoms with Gasteiger partial charge in [-0.2, -0.15) is 0 Å². The molecule has 0 aromatic heterocycles. The molecule has 2 rings (SSSR count). The Bertz CT molecular complexity index is 417. The average molecular weight is 261 g/mol. The first-order valence-electron chi connectivity index (χ1n) is 7.12. The molecule has 1 saturated heterocycles. The lowest BCUT2D eigenvalue weighted by atomic mass is 9.91. The monoisotopic (exact) mass is 261 g/mol. The summed E-state index contributed by atoms with van der Waals surface area (Å²) in [7, 11) is 0. The second kappa shape index (κ2) is 6.09. The smallest absolute Gasteiger partial charge is 0.253 e. The van der Waals surface area contributed by atoms with Crippen LogP contribution in [0.25, 0.3) is 0 Å². The Hall–Kier alpha value is -1.51. The molecule has 104 valence electrons. The molecule has 0 spiro atoms. The van der Waals surface area contributed by atoms with Crippen LogP contribution in [0.5, 0.6) is 5.75 Å². The number of likely N-dealkylation sites (tertiary alicyclic amines) is 1. The van der Waals surface area contributed by atoms with Gasteiger partial charge in [0.1, 0.15) is 5.75 Å². The molecular weight excluding hydrogens is 238 g/mol. The molecule has 1 aliphatic rings. The molecule has 0 saturated carbocycles. The number of rotatable bonds is 3. The lowest BCUT2D eigenvalue weighted by molar-refractivity contribution is 0.0623. The third-order valence-electron chi connectivity index (χ3n) is 3.57. The Morgan fingerprint density at radius 1 is 1.21 bits per heavy atom. The van der Waals surface area contributed by atoms with Crippen LogP contribution in [0.3, 0.4) is 0 Å². The minimum Gasteiger partial charge on any atom is -0.494 e. The fraction of sp³-hybridized carbons (Fsp3) is 0.562. The van der Waals surface area contributed by atoms with E-state index in [4.69, 9.17) is 4.74 Å². The highest BCUT2D eigenvalue weighted by Crippen LogP contribution is 2.23. The Labute approximate surface area is 115 Å². The van der Waals surface area contributed by atoms with Gasteiger partial charge in [0, 0.05) is 18.7 Å². The molecule has 0 N–H and O–H groups in total. The van der Waals surface area contributed by atoms with Gasteiger partial charge in [-0.15, -0.1) is 0 Å². The van der Waals surface area contributed by atoms with Crippen LogP contribution in [-0.4, -0.2) is 30.5 Å². The summed E-state index contributed by atoms with van der Waals surface area (Å²) in [6.07, 6.45) is 1.22. The first kappa shape index (κ1) is 13.9. The lowest BCUT2D eigenvalue weighted by Crippen LogP contribution is -2.42. The number of ether oxygens (including phenoxy) is 1. The number of piperidine rings is 1. The predicted molar refractivity (Wildman–Crippen MR) is 76.5 cm³/mol. The summed E-state index contributed by atoms with van der Waals surface area (Å²) in [5.41, 5.74) is 0.754. The molecule has 3 nitrogen and oxygen atoms in total. The van der Waals surface area contributed by atoms with Gasteiger partial charge in [0.15, 0.2) is 0 Å². The highest BCUT2D eigenvalue weighted by Gasteiger charge is 2.25. The topological polar surface area (TPSA) is 29.5 Å². The molecule has 1 fully saturated rings. The molecule has 0 unspecified atom stereocenters. The Morgan fingerprint density at radius 3 is 2.32 bits per heavy atom. The summed E-state index contributed by atoms with van der Waals surface area (Å²) in [6.45, 7) is 8.78. The van der Waals surface area contributed by atoms with Crippen molar-refractivity contribution in [2.45, 2.75) is 27.2 Å². The predicted octanol–water partition coefficient (Wildman–Crippen LogP) is 3.20. The van der Waals surface area contributed by atoms with Gasteiger partial charge in [0.25, 0.3) is 5.91 Å². The largest absolute Gasteiger partial charge is 0.494 e. The van der Waals surface area contributed by atoms with E-state index >= 15 is 0 Å². The third-order valence-corrected chi connectivity index (χ3v) is 3.57. The number of benzene rings is 1. The van der Waals surface area contributed by atoms with Crippen LogP contribution in [0.4, 0.5) is 0 Å². The van der Waals surface area contributed by atoms with Crippen LogP contribution in [0.1, 0.15) is 37.6 Å². The van der Waals surface area contributed by atoms with E-state index in [9.17, 15) is 4.79 Å². The van der Waals surface area contributed by atoms with E-state index in [2.05, 4.69) is 13.8 Å². The molecule has 1 heterocycles. The number of nitrogens with zero attached hydrogens (tertiary/aromatic N) is 1. The van der Waals surface area contributed by atoms with Gasteiger partial charge in [0.2, 0.25) is 0 Å². The van der Waals surface area contributed by atoms with Crippen molar-refractivity contribution in [1.29, 1.82) is 0 Å². The number of hydrogen-bond donors (Lipinski definition) is 0. The van der Waals surface area contributed by atoms with E-state index in [1.165, 1.54) is 6.42 Å². The molecule has 1 amide bonds. The minimum absolute atomic E-state index is 0.140. The highest BCUT2D eigenvalue weighted by molar-refractivity contribution is 5.94. The normalized spacial score (nSPS) is 23.2. The fourth-order valence-corrected chi connectivity index (χ4v) is 2.87. The fourth-order valence-electron chi connectivity index (χ4n) is 2.87. The van der Waals surface area contributed by atoms with Crippen molar-refractivity contribution in [2.24, 2.45) is 11.8 Å². The van der Waals surface area contributed by atoms with E-state index in [1.54, 1.807) is 0 Å². The van der Waals surface area contributed by atoms with Crippen LogP contribution < -0.4 is 4.74 Å². The van der Waals surface area contributed by atoms with E-state index in [-0.39, 0.29) is 5.91 Å². The summed E-state index contributed by atoms with van der Waals surface area (Å²) in [4.78, 5) is 14.4. The van der Waals surface area contributed by atoms with Crippen molar-refractivity contribution >= 4 is 5.91 Å². The molecule has 0 bridgehead atoms. The van der Waals surface area contributed by atoms with E-state index in [0.717, 1.165) is 24.4 Å². The first-order chi connectivity index (χ1) is 9.10. The van der Waals surface area contributed by atoms with Crippen LogP contribution in [0.15, 0.2) is 24.3 Å². The standard InChI is InChI=1S/C16H23NO2/c1-4-19-15-7-5-14(6-8-15)16(18)17-10-12(2)9-13(3)11-17/h5-8,12-13H,4,9-11H2,1-3H3/t12-,13+. The second-order valence-corrected chi connectivity index (χ2v) is 5.61. The van der Waals surface area contributed by atoms with E-state index in [0.29, 0.717) is 18.4 Å². The van der Waals surface area contributed by atoms with Gasteiger partial charge in [-0.25, -0.2) is 0 Å². The van der Waals surface area contributed by atoms with Crippen LogP contribution in [0.2, 0.25) is 0 Å². The summed E-state index contributed by atoms with van der Waals surface area (Å²) in [5, 5.41) is 0. The molecular formula is C16H23NO2. The molecule has 0 radical (unpaired) electrons. The second-order valence-electron chi connectivity index (χ2n) is 5.61. The maximum absolute atomic E-state index is 12.4. The molecule has 2 atom stereocenters. The van der Waals surface area contributed by atoms with Crippen LogP contribution in [-0.2, 0) is 0 Å². The van der Waals surface area contributed by atoms with Gasteiger partial charge in [-0.05, 0) is 49.4 Å². The maximum Gasteiger partial charge on any atom is 0.253 e. The van der Waals surface area contributed by atoms with Crippen molar-refractivity contribution < 1.29 is 9.53 Å². The summed E-state index contributed by atoms with van der Waals surface area (Å²) < 4.78 is 5.40. The summed E-state index contributed by atoms with van der Waals surface area (Å²) >= 11 is 0. The molecule has 3 heteroatoms. The molecule has 1 aliphatic heterocycles. The highest BCUT2D eigenvalue weighted by atomic mass is 16.5. The number of amides is 1. The Balaban J connectivity index is 2.06. The molecule has 1 aromatic rings. The summed E-state index contributed by atoms with van der Waals surface area (Å²) in [6, 6.07) is 7.45. The quantitative estimate of drug-likeness (QED) is 0.836. The van der Waals surface area contributed by atoms with Gasteiger partial charge in [0.05, 0.1) is 6.61 Å². The van der Waals surface area contributed by atoms with Crippen molar-refractivity contribution in [3.63, 3.8) is 0 Å². The van der Waals surface area contributed by atoms with Gasteiger partial charge in [-0.3, -0.25) is 4.79 Å². The number of carbonyl (C=O) groups is 1. The van der Waals surface area contributed by atoms with E-state index < -0.39 is 0 Å². The zero-order valence-electron chi connectivity index (χ0n) is 12.1. The first-order valence-corrected chi connectivity index (χ1v) is 7.12. The Morgan fingerprint density at radius 2 is 1.79 bits per heavy atom. The zero-order chi connectivity index (χ0) is 13.8. The van der Waals surface area contributed by atoms with Crippen LogP contribution >= 0.6 is 0 Å². The number of hydrogen-bond acceptors (Lipinski definition) is 2. The lowest BCUT2D eigenvalue weighted by Gasteiger charge is -2.35. The van der Waals surface area contributed by atoms with Crippen molar-refractivity contribution in [3.8, 4) is 5.75 Å². The van der Waals surface area contributed by atoms with E-state index in [1.807, 2.05) is 36.1 Å². The van der Waals surface area contributed by atoms with Crippen molar-refractivity contribution in [1.82, 2.24) is 4.90 Å². The zero-order valence-corrected chi connectivity index (χ0v) is 12.1. The van der Waals surface area contributed by atoms with Crippen molar-refractivity contribution in [2.75, 3.05) is 19.7 Å².